The normalized spacial score (nSPS) is 14.9. The lowest BCUT2D eigenvalue weighted by molar-refractivity contribution is 0.0965. The van der Waals surface area contributed by atoms with E-state index >= 15 is 0 Å². The van der Waals surface area contributed by atoms with Crippen LogP contribution in [0.3, 0.4) is 0 Å². The number of carbonyl (C=O) groups is 4. The summed E-state index contributed by atoms with van der Waals surface area (Å²) in [5, 5.41) is 0. The number of rotatable bonds is 4. The minimum atomic E-state index is -0.336. The summed E-state index contributed by atoms with van der Waals surface area (Å²) in [6.07, 6.45) is 1.86. The number of fused-ring (bicyclic) bond motifs is 3. The topological polar surface area (TPSA) is 68.3 Å². The molecule has 0 amide bonds. The van der Waals surface area contributed by atoms with Crippen molar-refractivity contribution in [2.45, 2.75) is 12.8 Å². The van der Waals surface area contributed by atoms with Gasteiger partial charge in [0.25, 0.3) is 0 Å². The molecule has 4 heteroatoms. The van der Waals surface area contributed by atoms with Gasteiger partial charge in [-0.2, -0.15) is 0 Å². The van der Waals surface area contributed by atoms with Crippen LogP contribution in [0.1, 0.15) is 71.0 Å². The molecule has 0 spiro atoms. The third-order valence-corrected chi connectivity index (χ3v) is 5.57. The Balaban J connectivity index is 1.55. The summed E-state index contributed by atoms with van der Waals surface area (Å²) in [7, 11) is 0. The number of carbonyl (C=O) groups excluding carboxylic acids is 4. The van der Waals surface area contributed by atoms with E-state index in [-0.39, 0.29) is 40.2 Å². The summed E-state index contributed by atoms with van der Waals surface area (Å²) in [5.41, 5.74) is 2.53. The van der Waals surface area contributed by atoms with Crippen LogP contribution in [0.5, 0.6) is 0 Å². The van der Waals surface area contributed by atoms with Crippen LogP contribution in [-0.2, 0) is 0 Å². The standard InChI is InChI=1S/C25H16O4/c26-22(14-5-6-14)15-7-9-16(10-8-15)23(27)20-12-11-17-13-21(20)25(29)19-4-2-1-3-18(19)24(17)28/h1-4,7-14H,5-6H2. The van der Waals surface area contributed by atoms with E-state index in [0.29, 0.717) is 27.8 Å². The molecule has 0 heterocycles. The second-order valence-corrected chi connectivity index (χ2v) is 7.51. The molecule has 0 atom stereocenters. The van der Waals surface area contributed by atoms with Gasteiger partial charge in [-0.3, -0.25) is 19.2 Å². The van der Waals surface area contributed by atoms with Crippen LogP contribution in [0, 0.1) is 5.92 Å². The Morgan fingerprint density at radius 2 is 1.31 bits per heavy atom. The summed E-state index contributed by atoms with van der Waals surface area (Å²) >= 11 is 0. The SMILES string of the molecule is O=C1c2ccc(C(=O)c3ccc(C(=O)C4CC4)cc3)c(c2)C(=O)c2ccccc21. The number of hydrogen-bond acceptors (Lipinski definition) is 4. The second-order valence-electron chi connectivity index (χ2n) is 7.51. The molecule has 3 aromatic carbocycles. The molecule has 0 saturated heterocycles. The minimum absolute atomic E-state index is 0.116. The highest BCUT2D eigenvalue weighted by molar-refractivity contribution is 6.26. The largest absolute Gasteiger partial charge is 0.294 e. The summed E-state index contributed by atoms with van der Waals surface area (Å²) in [4.78, 5) is 51.1. The number of ketones is 4. The number of benzene rings is 3. The maximum atomic E-state index is 13.1. The third-order valence-electron chi connectivity index (χ3n) is 5.57. The van der Waals surface area contributed by atoms with E-state index in [2.05, 4.69) is 0 Å². The lowest BCUT2D eigenvalue weighted by Gasteiger charge is -2.08. The van der Waals surface area contributed by atoms with Gasteiger partial charge < -0.3 is 0 Å². The van der Waals surface area contributed by atoms with Crippen molar-refractivity contribution < 1.29 is 19.2 Å². The zero-order chi connectivity index (χ0) is 20.1. The fraction of sp³-hybridized carbons (Fsp3) is 0.120. The van der Waals surface area contributed by atoms with Crippen LogP contribution in [-0.4, -0.2) is 23.1 Å². The first-order valence-electron chi connectivity index (χ1n) is 9.56. The third kappa shape index (κ3) is 2.85. The van der Waals surface area contributed by atoms with Crippen molar-refractivity contribution in [3.8, 4) is 0 Å². The van der Waals surface area contributed by atoms with Crippen LogP contribution in [0.4, 0.5) is 0 Å². The molecule has 1 fully saturated rings. The van der Waals surface area contributed by atoms with E-state index in [9.17, 15) is 19.2 Å². The zero-order valence-electron chi connectivity index (χ0n) is 15.5. The molecular formula is C25H16O4. The van der Waals surface area contributed by atoms with Crippen LogP contribution in [0.2, 0.25) is 0 Å². The zero-order valence-corrected chi connectivity index (χ0v) is 15.5. The fourth-order valence-corrected chi connectivity index (χ4v) is 3.77. The molecule has 4 nitrogen and oxygen atoms in total. The van der Waals surface area contributed by atoms with Gasteiger partial charge in [-0.25, -0.2) is 0 Å². The van der Waals surface area contributed by atoms with Crippen molar-refractivity contribution in [1.29, 1.82) is 0 Å². The molecule has 2 bridgehead atoms. The van der Waals surface area contributed by atoms with Crippen molar-refractivity contribution in [2.75, 3.05) is 0 Å². The molecule has 0 aliphatic heterocycles. The molecular weight excluding hydrogens is 364 g/mol. The van der Waals surface area contributed by atoms with Crippen molar-refractivity contribution in [3.63, 3.8) is 0 Å². The van der Waals surface area contributed by atoms with Gasteiger partial charge in [0.15, 0.2) is 23.1 Å². The van der Waals surface area contributed by atoms with E-state index in [1.807, 2.05) is 0 Å². The molecule has 0 aromatic heterocycles. The van der Waals surface area contributed by atoms with Gasteiger partial charge in [-0.05, 0) is 25.0 Å². The highest BCUT2D eigenvalue weighted by Gasteiger charge is 2.31. The lowest BCUT2D eigenvalue weighted by Crippen LogP contribution is -2.11. The lowest BCUT2D eigenvalue weighted by atomic mass is 9.93. The van der Waals surface area contributed by atoms with Crippen LogP contribution in [0.15, 0.2) is 66.7 Å². The predicted molar refractivity (Wildman–Crippen MR) is 107 cm³/mol. The molecule has 0 radical (unpaired) electrons. The Labute approximate surface area is 167 Å². The molecule has 5 rings (SSSR count). The molecule has 0 N–H and O–H groups in total. The van der Waals surface area contributed by atoms with Crippen LogP contribution in [0.25, 0.3) is 0 Å². The molecule has 3 aromatic rings. The Morgan fingerprint density at radius 3 is 1.97 bits per heavy atom. The van der Waals surface area contributed by atoms with E-state index in [1.165, 1.54) is 12.1 Å². The van der Waals surface area contributed by atoms with E-state index in [0.717, 1.165) is 12.8 Å². The average molecular weight is 380 g/mol. The summed E-state index contributed by atoms with van der Waals surface area (Å²) in [5.74, 6) is -0.637. The Kier molecular flexibility index (Phi) is 3.88. The van der Waals surface area contributed by atoms with Gasteiger partial charge in [0.05, 0.1) is 0 Å². The maximum Gasteiger partial charge on any atom is 0.194 e. The molecule has 29 heavy (non-hydrogen) atoms. The van der Waals surface area contributed by atoms with Crippen molar-refractivity contribution in [3.05, 3.63) is 106 Å². The predicted octanol–water partition coefficient (Wildman–Crippen LogP) is 4.29. The molecule has 2 aliphatic rings. The van der Waals surface area contributed by atoms with Crippen LogP contribution >= 0.6 is 0 Å². The number of Topliss-reactive ketones (excluding diaryl/α,β-unsaturated/α-hetero) is 1. The smallest absolute Gasteiger partial charge is 0.194 e. The van der Waals surface area contributed by atoms with Gasteiger partial charge in [0.2, 0.25) is 0 Å². The Bertz CT molecular complexity index is 1210. The van der Waals surface area contributed by atoms with Crippen molar-refractivity contribution >= 4 is 23.1 Å². The first-order valence-corrected chi connectivity index (χ1v) is 9.56. The van der Waals surface area contributed by atoms with Gasteiger partial charge in [-0.1, -0.05) is 54.6 Å². The second kappa shape index (κ2) is 6.45. The van der Waals surface area contributed by atoms with E-state index in [1.54, 1.807) is 54.6 Å². The van der Waals surface area contributed by atoms with Crippen molar-refractivity contribution in [1.82, 2.24) is 0 Å². The fourth-order valence-electron chi connectivity index (χ4n) is 3.77. The van der Waals surface area contributed by atoms with Gasteiger partial charge in [-0.15, -0.1) is 0 Å². The summed E-state index contributed by atoms with van der Waals surface area (Å²) < 4.78 is 0. The van der Waals surface area contributed by atoms with Gasteiger partial charge in [0, 0.05) is 44.9 Å². The molecule has 1 saturated carbocycles. The van der Waals surface area contributed by atoms with Crippen molar-refractivity contribution in [2.24, 2.45) is 5.92 Å². The molecule has 140 valence electrons. The quantitative estimate of drug-likeness (QED) is 0.496. The highest BCUT2D eigenvalue weighted by atomic mass is 16.1. The Hall–Kier alpha value is -3.66. The van der Waals surface area contributed by atoms with Crippen LogP contribution < -0.4 is 0 Å². The number of hydrogen-bond donors (Lipinski definition) is 0. The van der Waals surface area contributed by atoms with E-state index < -0.39 is 0 Å². The molecule has 2 aliphatic carbocycles. The summed E-state index contributed by atoms with van der Waals surface area (Å²) in [6, 6.07) is 17.9. The monoisotopic (exact) mass is 380 g/mol. The maximum absolute atomic E-state index is 13.1. The molecule has 0 unspecified atom stereocenters. The minimum Gasteiger partial charge on any atom is -0.294 e. The summed E-state index contributed by atoms with van der Waals surface area (Å²) in [6.45, 7) is 0. The Morgan fingerprint density at radius 1 is 0.690 bits per heavy atom. The van der Waals surface area contributed by atoms with Gasteiger partial charge >= 0.3 is 0 Å². The first kappa shape index (κ1) is 17.4. The highest BCUT2D eigenvalue weighted by Crippen LogP contribution is 2.33. The average Bonchev–Trinajstić information content (AvgIpc) is 3.62. The van der Waals surface area contributed by atoms with Gasteiger partial charge in [0.1, 0.15) is 0 Å². The first-order chi connectivity index (χ1) is 14.0. The van der Waals surface area contributed by atoms with E-state index in [4.69, 9.17) is 0 Å².